The lowest BCUT2D eigenvalue weighted by atomic mass is 9.97. The van der Waals surface area contributed by atoms with Crippen LogP contribution in [0.4, 0.5) is 13.2 Å². The van der Waals surface area contributed by atoms with Crippen LogP contribution in [-0.2, 0) is 0 Å². The predicted molar refractivity (Wildman–Crippen MR) is 105 cm³/mol. The molecule has 0 heterocycles. The average molecular weight is 536 g/mol. The number of carbonyl (C=O) groups is 1. The quantitative estimate of drug-likeness (QED) is 0.329. The molecule has 0 aliphatic carbocycles. The molecule has 1 N–H and O–H groups in total. The summed E-state index contributed by atoms with van der Waals surface area (Å²) in [5, 5.41) is 8.84. The third kappa shape index (κ3) is 5.06. The molecular weight excluding hydrogens is 526 g/mol. The van der Waals surface area contributed by atoms with E-state index in [9.17, 15) is 18.0 Å². The van der Waals surface area contributed by atoms with Gasteiger partial charge < -0.3 is 5.11 Å². The highest BCUT2D eigenvalue weighted by Gasteiger charge is 2.39. The second-order valence-electron chi connectivity index (χ2n) is 5.22. The molecule has 2 aromatic carbocycles. The van der Waals surface area contributed by atoms with Gasteiger partial charge in [-0.1, -0.05) is 53.0 Å². The van der Waals surface area contributed by atoms with E-state index in [1.807, 2.05) is 22.6 Å². The number of hydrogen-bond acceptors (Lipinski definition) is 1. The van der Waals surface area contributed by atoms with Crippen LogP contribution in [0.5, 0.6) is 0 Å². The van der Waals surface area contributed by atoms with Crippen molar-refractivity contribution in [2.75, 3.05) is 0 Å². The van der Waals surface area contributed by atoms with E-state index < -0.39 is 18.1 Å². The molecule has 138 valence electrons. The van der Waals surface area contributed by atoms with E-state index in [1.54, 1.807) is 0 Å². The van der Waals surface area contributed by atoms with E-state index in [0.29, 0.717) is 9.13 Å². The van der Waals surface area contributed by atoms with Gasteiger partial charge in [-0.25, -0.2) is 4.79 Å². The summed E-state index contributed by atoms with van der Waals surface area (Å²) >= 11 is 19.3. The molecule has 0 spiro atoms. The summed E-state index contributed by atoms with van der Waals surface area (Å²) in [6.07, 6.45) is -2.35. The second-order valence-corrected chi connectivity index (χ2v) is 7.58. The Bertz CT molecular complexity index is 859. The molecule has 2 nitrogen and oxygen atoms in total. The lowest BCUT2D eigenvalue weighted by molar-refractivity contribution is -0.139. The van der Waals surface area contributed by atoms with E-state index in [2.05, 4.69) is 0 Å². The monoisotopic (exact) mass is 534 g/mol. The smallest absolute Gasteiger partial charge is 0.399 e. The first-order chi connectivity index (χ1) is 12.0. The number of halogens is 7. The third-order valence-corrected chi connectivity index (χ3v) is 5.51. The van der Waals surface area contributed by atoms with Gasteiger partial charge in [0.05, 0.1) is 26.5 Å². The standard InChI is InChI=1S/C17H9Cl3F3IO2/c18-12-6-9(7-13(19)15(12)20)11(17(21,22)23)4-2-8-1-3-10(16(25)26)14(24)5-8/h1-7,11H,(H,25,26)/b4-2+. The number of aromatic carboxylic acids is 1. The lowest BCUT2D eigenvalue weighted by Crippen LogP contribution is -2.19. The highest BCUT2D eigenvalue weighted by atomic mass is 127. The van der Waals surface area contributed by atoms with E-state index in [4.69, 9.17) is 39.9 Å². The molecule has 0 saturated carbocycles. The van der Waals surface area contributed by atoms with Crippen molar-refractivity contribution in [1.29, 1.82) is 0 Å². The summed E-state index contributed by atoms with van der Waals surface area (Å²) in [5.74, 6) is -3.06. The molecule has 2 aromatic rings. The van der Waals surface area contributed by atoms with Gasteiger partial charge in [0.1, 0.15) is 0 Å². The maximum atomic E-state index is 13.5. The minimum atomic E-state index is -4.58. The van der Waals surface area contributed by atoms with Crippen LogP contribution in [0.3, 0.4) is 0 Å². The number of carboxylic acid groups (broad SMARTS) is 1. The minimum absolute atomic E-state index is 0.0131. The van der Waals surface area contributed by atoms with Gasteiger partial charge in [-0.05, 0) is 58.0 Å². The Morgan fingerprint density at radius 1 is 1.12 bits per heavy atom. The first-order valence-corrected chi connectivity index (χ1v) is 9.14. The second kappa shape index (κ2) is 8.37. The summed E-state index contributed by atoms with van der Waals surface area (Å²) in [6, 6.07) is 6.49. The molecule has 0 bridgehead atoms. The van der Waals surface area contributed by atoms with Crippen LogP contribution in [0.25, 0.3) is 6.08 Å². The maximum absolute atomic E-state index is 13.5. The van der Waals surface area contributed by atoms with Crippen LogP contribution in [0.15, 0.2) is 36.4 Å². The third-order valence-electron chi connectivity index (χ3n) is 3.42. The largest absolute Gasteiger partial charge is 0.478 e. The Kier molecular flexibility index (Phi) is 6.87. The Balaban J connectivity index is 2.42. The highest BCUT2D eigenvalue weighted by Crippen LogP contribution is 2.41. The van der Waals surface area contributed by atoms with Crippen molar-refractivity contribution in [3.05, 3.63) is 71.7 Å². The predicted octanol–water partition coefficient (Wildman–Crippen LogP) is 7.31. The van der Waals surface area contributed by atoms with Gasteiger partial charge in [-0.15, -0.1) is 0 Å². The summed E-state index contributed by atoms with van der Waals surface area (Å²) in [5.41, 5.74) is 0.358. The number of hydrogen-bond donors (Lipinski definition) is 1. The zero-order valence-electron chi connectivity index (χ0n) is 12.6. The molecule has 26 heavy (non-hydrogen) atoms. The fraction of sp³-hybridized carbons (Fsp3) is 0.118. The summed E-state index contributed by atoms with van der Waals surface area (Å²) in [7, 11) is 0. The van der Waals surface area contributed by atoms with Crippen LogP contribution >= 0.6 is 57.4 Å². The van der Waals surface area contributed by atoms with Gasteiger partial charge in [0, 0.05) is 3.57 Å². The van der Waals surface area contributed by atoms with Gasteiger partial charge in [0.25, 0.3) is 0 Å². The van der Waals surface area contributed by atoms with Gasteiger partial charge in [0.2, 0.25) is 0 Å². The molecule has 0 radical (unpaired) electrons. The molecule has 0 aliphatic rings. The SMILES string of the molecule is O=C(O)c1ccc(/C=C/C(c2cc(Cl)c(Cl)c(Cl)c2)C(F)(F)F)cc1I. The zero-order valence-corrected chi connectivity index (χ0v) is 17.0. The lowest BCUT2D eigenvalue weighted by Gasteiger charge is -2.18. The maximum Gasteiger partial charge on any atom is 0.399 e. The first-order valence-electron chi connectivity index (χ1n) is 6.93. The summed E-state index contributed by atoms with van der Waals surface area (Å²) < 4.78 is 40.8. The zero-order chi connectivity index (χ0) is 19.6. The number of carboxylic acids is 1. The fourth-order valence-electron chi connectivity index (χ4n) is 2.18. The van der Waals surface area contributed by atoms with E-state index >= 15 is 0 Å². The van der Waals surface area contributed by atoms with Gasteiger partial charge in [0.15, 0.2) is 0 Å². The molecule has 1 unspecified atom stereocenters. The molecule has 2 rings (SSSR count). The van der Waals surface area contributed by atoms with Crippen molar-refractivity contribution in [3.8, 4) is 0 Å². The van der Waals surface area contributed by atoms with Crippen molar-refractivity contribution in [2.45, 2.75) is 12.1 Å². The first kappa shape index (κ1) is 21.3. The van der Waals surface area contributed by atoms with Crippen LogP contribution in [0.1, 0.15) is 27.4 Å². The van der Waals surface area contributed by atoms with E-state index in [-0.39, 0.29) is 26.2 Å². The Morgan fingerprint density at radius 2 is 1.69 bits per heavy atom. The fourth-order valence-corrected chi connectivity index (χ4v) is 3.56. The molecule has 1 atom stereocenters. The summed E-state index contributed by atoms with van der Waals surface area (Å²) in [4.78, 5) is 11.0. The average Bonchev–Trinajstić information content (AvgIpc) is 2.51. The number of alkyl halides is 3. The Hall–Kier alpha value is -0.960. The number of benzene rings is 2. The van der Waals surface area contributed by atoms with Crippen molar-refractivity contribution >= 4 is 69.4 Å². The van der Waals surface area contributed by atoms with Crippen LogP contribution < -0.4 is 0 Å². The molecule has 9 heteroatoms. The Labute approximate surface area is 175 Å². The Morgan fingerprint density at radius 3 is 2.15 bits per heavy atom. The van der Waals surface area contributed by atoms with Gasteiger partial charge >= 0.3 is 12.1 Å². The highest BCUT2D eigenvalue weighted by molar-refractivity contribution is 14.1. The molecule has 0 aromatic heterocycles. The molecule has 0 aliphatic heterocycles. The number of allylic oxidation sites excluding steroid dienone is 1. The number of rotatable bonds is 4. The molecule has 0 fully saturated rings. The van der Waals surface area contributed by atoms with E-state index in [1.165, 1.54) is 24.3 Å². The van der Waals surface area contributed by atoms with Crippen LogP contribution in [0.2, 0.25) is 15.1 Å². The molecular formula is C17H9Cl3F3IO2. The van der Waals surface area contributed by atoms with Crippen molar-refractivity contribution in [3.63, 3.8) is 0 Å². The summed E-state index contributed by atoms with van der Waals surface area (Å²) in [6.45, 7) is 0. The molecule has 0 amide bonds. The topological polar surface area (TPSA) is 37.3 Å². The van der Waals surface area contributed by atoms with Crippen LogP contribution in [-0.4, -0.2) is 17.3 Å². The van der Waals surface area contributed by atoms with Gasteiger partial charge in [-0.2, -0.15) is 13.2 Å². The minimum Gasteiger partial charge on any atom is -0.478 e. The van der Waals surface area contributed by atoms with E-state index in [0.717, 1.165) is 18.2 Å². The van der Waals surface area contributed by atoms with Gasteiger partial charge in [-0.3, -0.25) is 0 Å². The van der Waals surface area contributed by atoms with Crippen LogP contribution in [0, 0.1) is 3.57 Å². The van der Waals surface area contributed by atoms with Crippen molar-refractivity contribution in [2.24, 2.45) is 0 Å². The molecule has 0 saturated heterocycles. The van der Waals surface area contributed by atoms with Crippen molar-refractivity contribution in [1.82, 2.24) is 0 Å². The van der Waals surface area contributed by atoms with Crippen molar-refractivity contribution < 1.29 is 23.1 Å². The normalized spacial score (nSPS) is 13.2.